The Labute approximate surface area is 113 Å². The van der Waals surface area contributed by atoms with E-state index in [0.717, 1.165) is 25.7 Å². The van der Waals surface area contributed by atoms with E-state index in [1.807, 2.05) is 0 Å². The highest BCUT2D eigenvalue weighted by molar-refractivity contribution is 5.94. The summed E-state index contributed by atoms with van der Waals surface area (Å²) in [6.07, 6.45) is 6.32. The van der Waals surface area contributed by atoms with Crippen molar-refractivity contribution in [2.75, 3.05) is 6.54 Å². The summed E-state index contributed by atoms with van der Waals surface area (Å²) in [5.41, 5.74) is 5.98. The number of nitrogens with one attached hydrogen (secondary N) is 1. The Bertz CT molecular complexity index is 442. The molecular weight excluding hydrogens is 242 g/mol. The van der Waals surface area contributed by atoms with Gasteiger partial charge in [-0.25, -0.2) is 0 Å². The van der Waals surface area contributed by atoms with Gasteiger partial charge in [-0.1, -0.05) is 19.3 Å². The molecule has 0 saturated heterocycles. The van der Waals surface area contributed by atoms with E-state index in [9.17, 15) is 9.90 Å². The van der Waals surface area contributed by atoms with Crippen LogP contribution in [0.1, 0.15) is 48.2 Å². The van der Waals surface area contributed by atoms with Crippen molar-refractivity contribution in [2.24, 2.45) is 5.73 Å². The summed E-state index contributed by atoms with van der Waals surface area (Å²) in [5, 5.41) is 13.1. The number of pyridine rings is 1. The molecule has 1 fully saturated rings. The first-order valence-corrected chi connectivity index (χ1v) is 6.78. The summed E-state index contributed by atoms with van der Waals surface area (Å²) < 4.78 is 0. The largest absolute Gasteiger partial charge is 0.388 e. The molecule has 5 heteroatoms. The molecule has 0 aliphatic heterocycles. The molecular formula is C14H21N3O2. The van der Waals surface area contributed by atoms with Gasteiger partial charge in [0.25, 0.3) is 5.91 Å². The zero-order chi connectivity index (χ0) is 13.7. The third-order valence-electron chi connectivity index (χ3n) is 3.65. The van der Waals surface area contributed by atoms with Gasteiger partial charge >= 0.3 is 0 Å². The minimum absolute atomic E-state index is 0.184. The molecule has 0 radical (unpaired) electrons. The number of rotatable bonds is 4. The van der Waals surface area contributed by atoms with Crippen molar-refractivity contribution in [3.63, 3.8) is 0 Å². The van der Waals surface area contributed by atoms with E-state index in [4.69, 9.17) is 5.73 Å². The monoisotopic (exact) mass is 263 g/mol. The Morgan fingerprint density at radius 3 is 2.84 bits per heavy atom. The SMILES string of the molecule is NCc1cc(C(=O)NCC2(O)CCCCC2)ccn1. The number of carbonyl (C=O) groups excluding carboxylic acids is 1. The van der Waals surface area contributed by atoms with Crippen molar-refractivity contribution >= 4 is 5.91 Å². The fourth-order valence-electron chi connectivity index (χ4n) is 2.46. The lowest BCUT2D eigenvalue weighted by Gasteiger charge is -2.32. The number of aliphatic hydroxyl groups is 1. The molecule has 104 valence electrons. The smallest absolute Gasteiger partial charge is 0.251 e. The fraction of sp³-hybridized carbons (Fsp3) is 0.571. The number of nitrogens with zero attached hydrogens (tertiary/aromatic N) is 1. The molecule has 1 aromatic heterocycles. The number of nitrogens with two attached hydrogens (primary N) is 1. The van der Waals surface area contributed by atoms with Crippen LogP contribution in [-0.2, 0) is 6.54 Å². The van der Waals surface area contributed by atoms with Crippen LogP contribution in [0.5, 0.6) is 0 Å². The Hall–Kier alpha value is -1.46. The Morgan fingerprint density at radius 1 is 1.42 bits per heavy atom. The van der Waals surface area contributed by atoms with Crippen molar-refractivity contribution in [2.45, 2.75) is 44.2 Å². The lowest BCUT2D eigenvalue weighted by Crippen LogP contribution is -2.44. The molecule has 0 aromatic carbocycles. The van der Waals surface area contributed by atoms with Crippen LogP contribution in [-0.4, -0.2) is 28.1 Å². The lowest BCUT2D eigenvalue weighted by molar-refractivity contribution is 0.00525. The summed E-state index contributed by atoms with van der Waals surface area (Å²) in [4.78, 5) is 16.1. The zero-order valence-corrected chi connectivity index (χ0v) is 11.1. The molecule has 1 heterocycles. The molecule has 2 rings (SSSR count). The summed E-state index contributed by atoms with van der Waals surface area (Å²) >= 11 is 0. The molecule has 0 atom stereocenters. The Kier molecular flexibility index (Phi) is 4.50. The molecule has 4 N–H and O–H groups in total. The molecule has 1 aromatic rings. The van der Waals surface area contributed by atoms with Crippen LogP contribution in [0.4, 0.5) is 0 Å². The number of hydrogen-bond acceptors (Lipinski definition) is 4. The second kappa shape index (κ2) is 6.12. The molecule has 1 saturated carbocycles. The van der Waals surface area contributed by atoms with Gasteiger partial charge in [0.05, 0.1) is 11.3 Å². The Morgan fingerprint density at radius 2 is 2.16 bits per heavy atom. The number of amides is 1. The highest BCUT2D eigenvalue weighted by Gasteiger charge is 2.29. The fourth-order valence-corrected chi connectivity index (χ4v) is 2.46. The predicted molar refractivity (Wildman–Crippen MR) is 72.5 cm³/mol. The topological polar surface area (TPSA) is 88.2 Å². The first kappa shape index (κ1) is 14.0. The van der Waals surface area contributed by atoms with Gasteiger partial charge in [-0.2, -0.15) is 0 Å². The number of carbonyl (C=O) groups is 1. The van der Waals surface area contributed by atoms with E-state index >= 15 is 0 Å². The summed E-state index contributed by atoms with van der Waals surface area (Å²) in [6.45, 7) is 0.622. The third kappa shape index (κ3) is 3.75. The van der Waals surface area contributed by atoms with Crippen molar-refractivity contribution < 1.29 is 9.90 Å². The average Bonchev–Trinajstić information content (AvgIpc) is 2.46. The first-order valence-electron chi connectivity index (χ1n) is 6.78. The summed E-state index contributed by atoms with van der Waals surface area (Å²) in [6, 6.07) is 3.33. The minimum atomic E-state index is -0.738. The maximum atomic E-state index is 12.0. The Balaban J connectivity index is 1.93. The molecule has 5 nitrogen and oxygen atoms in total. The predicted octanol–water partition coefficient (Wildman–Crippen LogP) is 0.965. The van der Waals surface area contributed by atoms with Crippen LogP contribution < -0.4 is 11.1 Å². The summed E-state index contributed by atoms with van der Waals surface area (Å²) in [5.74, 6) is -0.184. The van der Waals surface area contributed by atoms with Gasteiger partial charge in [-0.3, -0.25) is 9.78 Å². The summed E-state index contributed by atoms with van der Waals surface area (Å²) in [7, 11) is 0. The van der Waals surface area contributed by atoms with E-state index in [0.29, 0.717) is 24.3 Å². The van der Waals surface area contributed by atoms with Crippen LogP contribution in [0.3, 0.4) is 0 Å². The van der Waals surface area contributed by atoms with Gasteiger partial charge < -0.3 is 16.2 Å². The van der Waals surface area contributed by atoms with Crippen LogP contribution in [0, 0.1) is 0 Å². The second-order valence-electron chi connectivity index (χ2n) is 5.21. The van der Waals surface area contributed by atoms with Crippen LogP contribution in [0.25, 0.3) is 0 Å². The number of aromatic nitrogens is 1. The highest BCUT2D eigenvalue weighted by atomic mass is 16.3. The van der Waals surface area contributed by atoms with E-state index < -0.39 is 5.60 Å². The van der Waals surface area contributed by atoms with Gasteiger partial charge in [0.1, 0.15) is 0 Å². The van der Waals surface area contributed by atoms with Crippen LogP contribution >= 0.6 is 0 Å². The van der Waals surface area contributed by atoms with Crippen molar-refractivity contribution in [1.82, 2.24) is 10.3 Å². The van der Waals surface area contributed by atoms with E-state index in [1.54, 1.807) is 18.3 Å². The van der Waals surface area contributed by atoms with Gasteiger partial charge in [-0.15, -0.1) is 0 Å². The van der Waals surface area contributed by atoms with E-state index in [-0.39, 0.29) is 5.91 Å². The highest BCUT2D eigenvalue weighted by Crippen LogP contribution is 2.27. The first-order chi connectivity index (χ1) is 9.13. The zero-order valence-electron chi connectivity index (χ0n) is 11.1. The molecule has 19 heavy (non-hydrogen) atoms. The second-order valence-corrected chi connectivity index (χ2v) is 5.21. The quantitative estimate of drug-likeness (QED) is 0.755. The molecule has 1 aliphatic carbocycles. The van der Waals surface area contributed by atoms with Crippen LogP contribution in [0.15, 0.2) is 18.3 Å². The molecule has 0 unspecified atom stereocenters. The van der Waals surface area contributed by atoms with E-state index in [2.05, 4.69) is 10.3 Å². The maximum absolute atomic E-state index is 12.0. The van der Waals surface area contributed by atoms with Crippen molar-refractivity contribution in [3.05, 3.63) is 29.6 Å². The standard InChI is InChI=1S/C14H21N3O2/c15-9-12-8-11(4-7-16-12)13(18)17-10-14(19)5-2-1-3-6-14/h4,7-8,19H,1-3,5-6,9-10,15H2,(H,17,18). The molecule has 1 aliphatic rings. The van der Waals surface area contributed by atoms with Gasteiger partial charge in [0.15, 0.2) is 0 Å². The van der Waals surface area contributed by atoms with Gasteiger partial charge in [0.2, 0.25) is 0 Å². The third-order valence-corrected chi connectivity index (χ3v) is 3.65. The van der Waals surface area contributed by atoms with Crippen LogP contribution in [0.2, 0.25) is 0 Å². The normalized spacial score (nSPS) is 18.0. The van der Waals surface area contributed by atoms with E-state index in [1.165, 1.54) is 6.42 Å². The molecule has 0 spiro atoms. The molecule has 1 amide bonds. The van der Waals surface area contributed by atoms with Crippen molar-refractivity contribution in [1.29, 1.82) is 0 Å². The average molecular weight is 263 g/mol. The minimum Gasteiger partial charge on any atom is -0.388 e. The van der Waals surface area contributed by atoms with Crippen molar-refractivity contribution in [3.8, 4) is 0 Å². The molecule has 0 bridgehead atoms. The van der Waals surface area contributed by atoms with Gasteiger partial charge in [-0.05, 0) is 25.0 Å². The maximum Gasteiger partial charge on any atom is 0.251 e. The number of hydrogen-bond donors (Lipinski definition) is 3. The van der Waals surface area contributed by atoms with Gasteiger partial charge in [0, 0.05) is 24.8 Å². The lowest BCUT2D eigenvalue weighted by atomic mass is 9.85.